The van der Waals surface area contributed by atoms with E-state index in [9.17, 15) is 13.2 Å². The summed E-state index contributed by atoms with van der Waals surface area (Å²) in [5, 5.41) is 4.11. The molecule has 2 bridgehead atoms. The molecule has 7 heteroatoms. The van der Waals surface area contributed by atoms with Crippen LogP contribution in [0.1, 0.15) is 18.0 Å². The van der Waals surface area contributed by atoms with Gasteiger partial charge in [-0.3, -0.25) is 4.79 Å². The van der Waals surface area contributed by atoms with Crippen molar-refractivity contribution in [1.29, 1.82) is 0 Å². The normalized spacial score (nSPS) is 20.9. The highest BCUT2D eigenvalue weighted by Gasteiger charge is 2.40. The summed E-state index contributed by atoms with van der Waals surface area (Å²) < 4.78 is 30.4. The summed E-state index contributed by atoms with van der Waals surface area (Å²) in [7, 11) is -3.52. The highest BCUT2D eigenvalue weighted by Crippen LogP contribution is 2.41. The first kappa shape index (κ1) is 19.9. The molecule has 0 aliphatic carbocycles. The number of nitrogens with zero attached hydrogens (tertiary/aromatic N) is 2. The maximum atomic E-state index is 13.2. The summed E-state index contributed by atoms with van der Waals surface area (Å²) in [6, 6.07) is 21.6. The summed E-state index contributed by atoms with van der Waals surface area (Å²) in [5.41, 5.74) is 3.04. The van der Waals surface area contributed by atoms with Crippen molar-refractivity contribution in [2.24, 2.45) is 5.92 Å². The van der Waals surface area contributed by atoms with Crippen LogP contribution in [0.2, 0.25) is 0 Å². The minimum atomic E-state index is -3.52. The van der Waals surface area contributed by atoms with Crippen LogP contribution >= 0.6 is 11.3 Å². The first-order valence-electron chi connectivity index (χ1n) is 10.8. The average molecular weight is 463 g/mol. The highest BCUT2D eigenvalue weighted by molar-refractivity contribution is 7.91. The van der Waals surface area contributed by atoms with E-state index in [4.69, 9.17) is 0 Å². The molecule has 2 aromatic carbocycles. The third-order valence-corrected chi connectivity index (χ3v) is 9.91. The molecular weight excluding hydrogens is 440 g/mol. The Kier molecular flexibility index (Phi) is 4.61. The van der Waals surface area contributed by atoms with E-state index in [1.807, 2.05) is 22.8 Å². The molecule has 5 nitrogen and oxygen atoms in total. The van der Waals surface area contributed by atoms with Crippen LogP contribution in [0, 0.1) is 5.92 Å². The largest absolute Gasteiger partial charge is 0.311 e. The van der Waals surface area contributed by atoms with Crippen molar-refractivity contribution in [3.8, 4) is 11.1 Å². The fourth-order valence-electron chi connectivity index (χ4n) is 5.31. The van der Waals surface area contributed by atoms with Gasteiger partial charge in [-0.15, -0.1) is 11.3 Å². The molecule has 4 heterocycles. The van der Waals surface area contributed by atoms with Gasteiger partial charge in [0.25, 0.3) is 15.6 Å². The van der Waals surface area contributed by atoms with Gasteiger partial charge < -0.3 is 4.57 Å². The highest BCUT2D eigenvalue weighted by atomic mass is 32.2. The van der Waals surface area contributed by atoms with Gasteiger partial charge in [-0.2, -0.15) is 4.31 Å². The zero-order valence-corrected chi connectivity index (χ0v) is 19.0. The quantitative estimate of drug-likeness (QED) is 0.449. The van der Waals surface area contributed by atoms with Crippen LogP contribution in [0.15, 0.2) is 81.1 Å². The monoisotopic (exact) mass is 462 g/mol. The van der Waals surface area contributed by atoms with Crippen molar-refractivity contribution in [1.82, 2.24) is 8.87 Å². The average Bonchev–Trinajstić information content (AvgIpc) is 3.35. The molecule has 2 aliphatic heterocycles. The maximum absolute atomic E-state index is 13.2. The summed E-state index contributed by atoms with van der Waals surface area (Å²) in [4.78, 5) is 12.8. The lowest BCUT2D eigenvalue weighted by Gasteiger charge is -2.42. The Labute approximate surface area is 190 Å². The predicted molar refractivity (Wildman–Crippen MR) is 128 cm³/mol. The van der Waals surface area contributed by atoms with E-state index in [2.05, 4.69) is 30.3 Å². The molecule has 4 aromatic rings. The van der Waals surface area contributed by atoms with Gasteiger partial charge >= 0.3 is 0 Å². The van der Waals surface area contributed by atoms with Crippen LogP contribution in [0.5, 0.6) is 0 Å². The third-order valence-electron chi connectivity index (χ3n) is 6.71. The molecule has 0 radical (unpaired) electrons. The van der Waals surface area contributed by atoms with Gasteiger partial charge in [-0.1, -0.05) is 42.5 Å². The van der Waals surface area contributed by atoms with Crippen LogP contribution in [0.25, 0.3) is 21.9 Å². The summed E-state index contributed by atoms with van der Waals surface area (Å²) in [6.45, 7) is 1.42. The third kappa shape index (κ3) is 3.15. The van der Waals surface area contributed by atoms with E-state index >= 15 is 0 Å². The van der Waals surface area contributed by atoms with Crippen molar-refractivity contribution < 1.29 is 8.42 Å². The second-order valence-electron chi connectivity index (χ2n) is 8.70. The fourth-order valence-corrected chi connectivity index (χ4v) is 8.01. The molecule has 0 spiro atoms. The molecule has 0 N–H and O–H groups in total. The molecule has 1 saturated heterocycles. The molecular formula is C25H22N2O3S2. The second kappa shape index (κ2) is 7.40. The zero-order valence-electron chi connectivity index (χ0n) is 17.3. The van der Waals surface area contributed by atoms with E-state index in [0.29, 0.717) is 23.8 Å². The molecule has 6 rings (SSSR count). The smallest absolute Gasteiger partial charge is 0.252 e. The minimum absolute atomic E-state index is 0.00574. The van der Waals surface area contributed by atoms with E-state index < -0.39 is 10.0 Å². The molecule has 32 heavy (non-hydrogen) atoms. The molecule has 2 aromatic heterocycles. The number of hydrogen-bond donors (Lipinski definition) is 0. The predicted octanol–water partition coefficient (Wildman–Crippen LogP) is 4.54. The summed E-state index contributed by atoms with van der Waals surface area (Å²) >= 11 is 1.26. The number of thiophene rings is 1. The Bertz CT molecular complexity index is 1490. The van der Waals surface area contributed by atoms with Crippen LogP contribution < -0.4 is 5.56 Å². The van der Waals surface area contributed by atoms with Gasteiger partial charge in [0.05, 0.1) is 0 Å². The number of hydrogen-bond acceptors (Lipinski definition) is 4. The topological polar surface area (TPSA) is 59.4 Å². The Hall–Kier alpha value is -2.74. The number of sulfonamides is 1. The van der Waals surface area contributed by atoms with Gasteiger partial charge in [0.1, 0.15) is 4.21 Å². The number of pyridine rings is 1. The van der Waals surface area contributed by atoms with Gasteiger partial charge in [0.2, 0.25) is 0 Å². The van der Waals surface area contributed by atoms with Crippen molar-refractivity contribution in [2.45, 2.75) is 23.1 Å². The van der Waals surface area contributed by atoms with E-state index in [-0.39, 0.29) is 17.4 Å². The molecule has 2 aliphatic rings. The summed E-state index contributed by atoms with van der Waals surface area (Å²) in [5.74, 6) is 0.133. The van der Waals surface area contributed by atoms with Crippen molar-refractivity contribution >= 4 is 32.1 Å². The van der Waals surface area contributed by atoms with Crippen molar-refractivity contribution in [2.75, 3.05) is 13.1 Å². The molecule has 162 valence electrons. The van der Waals surface area contributed by atoms with Crippen molar-refractivity contribution in [3.05, 3.63) is 88.2 Å². The maximum Gasteiger partial charge on any atom is 0.252 e. The van der Waals surface area contributed by atoms with Crippen molar-refractivity contribution in [3.63, 3.8) is 0 Å². The second-order valence-corrected chi connectivity index (χ2v) is 11.8. The molecule has 0 saturated carbocycles. The Balaban J connectivity index is 1.46. The number of benzene rings is 2. The molecule has 0 unspecified atom stereocenters. The van der Waals surface area contributed by atoms with E-state index in [1.165, 1.54) is 16.7 Å². The Morgan fingerprint density at radius 2 is 1.72 bits per heavy atom. The van der Waals surface area contributed by atoms with Crippen LogP contribution in [0.3, 0.4) is 0 Å². The molecule has 0 amide bonds. The number of piperidine rings is 1. The number of fused-ring (bicyclic) bond motifs is 5. The zero-order chi connectivity index (χ0) is 21.9. The van der Waals surface area contributed by atoms with Crippen LogP contribution in [-0.2, 0) is 16.6 Å². The Morgan fingerprint density at radius 3 is 2.53 bits per heavy atom. The standard InChI is InChI=1S/C25H22N2O3S2/c28-23-10-9-22(20-8-7-18-4-1-2-5-19(18)13-20)25-21-12-17(15-27(23)25)14-26(16-21)32(29,30)24-6-3-11-31-24/h1-11,13,17,21H,12,14-16H2/t17-,21-/m0/s1. The first-order valence-corrected chi connectivity index (χ1v) is 13.1. The van der Waals surface area contributed by atoms with Crippen LogP contribution in [-0.4, -0.2) is 30.4 Å². The summed E-state index contributed by atoms with van der Waals surface area (Å²) in [6.07, 6.45) is 0.903. The van der Waals surface area contributed by atoms with E-state index in [1.54, 1.807) is 27.9 Å². The SMILES string of the molecule is O=c1ccc(-c2ccc3ccccc3c2)c2n1C[C@H]1C[C@H]2CN(S(=O)(=O)c2cccs2)C1. The lowest BCUT2D eigenvalue weighted by Crippen LogP contribution is -2.49. The lowest BCUT2D eigenvalue weighted by molar-refractivity contribution is 0.187. The van der Waals surface area contributed by atoms with Crippen LogP contribution in [0.4, 0.5) is 0 Å². The number of aromatic nitrogens is 1. The van der Waals surface area contributed by atoms with Gasteiger partial charge in [0.15, 0.2) is 0 Å². The van der Waals surface area contributed by atoms with Gasteiger partial charge in [-0.25, -0.2) is 8.42 Å². The minimum Gasteiger partial charge on any atom is -0.311 e. The first-order chi connectivity index (χ1) is 15.5. The van der Waals surface area contributed by atoms with Gasteiger partial charge in [-0.05, 0) is 52.3 Å². The van der Waals surface area contributed by atoms with Gasteiger partial charge in [0, 0.05) is 42.9 Å². The van der Waals surface area contributed by atoms with E-state index in [0.717, 1.165) is 28.6 Å². The lowest BCUT2D eigenvalue weighted by atomic mass is 9.81. The fraction of sp³-hybridized carbons (Fsp3) is 0.240. The molecule has 2 atom stereocenters. The number of rotatable bonds is 3. The molecule has 1 fully saturated rings. The Morgan fingerprint density at radius 1 is 0.875 bits per heavy atom.